The second-order valence-corrected chi connectivity index (χ2v) is 3.71. The first-order valence-electron chi connectivity index (χ1n) is 4.84. The van der Waals surface area contributed by atoms with Gasteiger partial charge in [-0.05, 0) is 37.1 Å². The molecule has 2 rings (SSSR count). The number of hydrogen-bond donors (Lipinski definition) is 2. The molecule has 1 unspecified atom stereocenters. The highest BCUT2D eigenvalue weighted by Gasteiger charge is 2.29. The number of hydrogen-bond acceptors (Lipinski definition) is 2. The molecule has 3 N–H and O–H groups in total. The number of carbonyl (C=O) groups excluding carboxylic acids is 1. The molecular weight excluding hydrogens is 176 g/mol. The zero-order valence-electron chi connectivity index (χ0n) is 8.21. The van der Waals surface area contributed by atoms with Crippen molar-refractivity contribution in [2.45, 2.75) is 19.3 Å². The summed E-state index contributed by atoms with van der Waals surface area (Å²) in [4.78, 5) is 11.6. The van der Waals surface area contributed by atoms with Gasteiger partial charge in [0.05, 0.1) is 5.92 Å². The van der Waals surface area contributed by atoms with Gasteiger partial charge in [-0.1, -0.05) is 12.1 Å². The maximum Gasteiger partial charge on any atom is 0.232 e. The standard InChI is InChI=1S/C11H14N2O/c1-7-2-3-8-9(4-5-12)11(14)13-10(8)6-7/h2-3,6,9H,4-5,12H2,1H3,(H,13,14). The molecule has 1 aliphatic rings. The smallest absolute Gasteiger partial charge is 0.232 e. The SMILES string of the molecule is Cc1ccc2c(c1)NC(=O)C2CCN. The van der Waals surface area contributed by atoms with E-state index in [0.29, 0.717) is 6.54 Å². The Morgan fingerprint density at radius 3 is 3.00 bits per heavy atom. The van der Waals surface area contributed by atoms with Crippen LogP contribution in [0.15, 0.2) is 18.2 Å². The predicted octanol–water partition coefficient (Wildman–Crippen LogP) is 1.38. The van der Waals surface area contributed by atoms with Crippen molar-refractivity contribution in [1.29, 1.82) is 0 Å². The Bertz CT molecular complexity index is 374. The zero-order valence-corrected chi connectivity index (χ0v) is 8.21. The Kier molecular flexibility index (Phi) is 2.25. The molecule has 0 fully saturated rings. The molecule has 0 aliphatic carbocycles. The van der Waals surface area contributed by atoms with E-state index in [4.69, 9.17) is 5.73 Å². The monoisotopic (exact) mass is 190 g/mol. The third kappa shape index (κ3) is 1.40. The number of amides is 1. The molecule has 0 bridgehead atoms. The van der Waals surface area contributed by atoms with Gasteiger partial charge in [0.25, 0.3) is 0 Å². The lowest BCUT2D eigenvalue weighted by Crippen LogP contribution is -2.15. The quantitative estimate of drug-likeness (QED) is 0.740. The third-order valence-corrected chi connectivity index (χ3v) is 2.61. The topological polar surface area (TPSA) is 55.1 Å². The van der Waals surface area contributed by atoms with Gasteiger partial charge in [-0.15, -0.1) is 0 Å². The number of nitrogens with two attached hydrogens (primary N) is 1. The molecule has 0 radical (unpaired) electrons. The van der Waals surface area contributed by atoms with E-state index in [9.17, 15) is 4.79 Å². The van der Waals surface area contributed by atoms with Crippen molar-refractivity contribution in [2.24, 2.45) is 5.73 Å². The number of aryl methyl sites for hydroxylation is 1. The van der Waals surface area contributed by atoms with E-state index in [0.717, 1.165) is 23.2 Å². The number of carbonyl (C=O) groups is 1. The molecule has 0 aromatic heterocycles. The van der Waals surface area contributed by atoms with Crippen molar-refractivity contribution in [1.82, 2.24) is 0 Å². The molecule has 1 aromatic rings. The number of benzene rings is 1. The van der Waals surface area contributed by atoms with E-state index in [-0.39, 0.29) is 11.8 Å². The van der Waals surface area contributed by atoms with Crippen molar-refractivity contribution in [3.8, 4) is 0 Å². The van der Waals surface area contributed by atoms with E-state index in [1.807, 2.05) is 25.1 Å². The Hall–Kier alpha value is -1.35. The highest BCUT2D eigenvalue weighted by Crippen LogP contribution is 2.34. The predicted molar refractivity (Wildman–Crippen MR) is 56.2 cm³/mol. The molecule has 1 atom stereocenters. The fraction of sp³-hybridized carbons (Fsp3) is 0.364. The largest absolute Gasteiger partial charge is 0.330 e. The first-order valence-corrected chi connectivity index (χ1v) is 4.84. The molecule has 74 valence electrons. The summed E-state index contributed by atoms with van der Waals surface area (Å²) in [5, 5.41) is 2.88. The van der Waals surface area contributed by atoms with Crippen LogP contribution in [-0.2, 0) is 4.79 Å². The van der Waals surface area contributed by atoms with Gasteiger partial charge in [0.2, 0.25) is 5.91 Å². The fourth-order valence-electron chi connectivity index (χ4n) is 1.90. The maximum atomic E-state index is 11.6. The first kappa shape index (κ1) is 9.21. The number of rotatable bonds is 2. The van der Waals surface area contributed by atoms with Crippen LogP contribution in [0.1, 0.15) is 23.5 Å². The molecule has 1 aliphatic heterocycles. The van der Waals surface area contributed by atoms with Crippen LogP contribution in [0.5, 0.6) is 0 Å². The Morgan fingerprint density at radius 1 is 1.50 bits per heavy atom. The van der Waals surface area contributed by atoms with Crippen molar-refractivity contribution in [2.75, 3.05) is 11.9 Å². The summed E-state index contributed by atoms with van der Waals surface area (Å²) in [5.74, 6) is 0.0339. The van der Waals surface area contributed by atoms with Gasteiger partial charge in [-0.3, -0.25) is 4.79 Å². The lowest BCUT2D eigenvalue weighted by Gasteiger charge is -2.06. The highest BCUT2D eigenvalue weighted by molar-refractivity contribution is 6.02. The van der Waals surface area contributed by atoms with E-state index in [2.05, 4.69) is 5.32 Å². The second-order valence-electron chi connectivity index (χ2n) is 3.71. The molecule has 3 nitrogen and oxygen atoms in total. The van der Waals surface area contributed by atoms with Gasteiger partial charge >= 0.3 is 0 Å². The summed E-state index contributed by atoms with van der Waals surface area (Å²) in [7, 11) is 0. The summed E-state index contributed by atoms with van der Waals surface area (Å²) >= 11 is 0. The van der Waals surface area contributed by atoms with E-state index < -0.39 is 0 Å². The van der Waals surface area contributed by atoms with Crippen LogP contribution < -0.4 is 11.1 Å². The molecule has 1 aromatic carbocycles. The normalized spacial score (nSPS) is 19.3. The van der Waals surface area contributed by atoms with E-state index in [1.54, 1.807) is 0 Å². The van der Waals surface area contributed by atoms with Crippen LogP contribution in [0, 0.1) is 6.92 Å². The van der Waals surface area contributed by atoms with Crippen LogP contribution >= 0.6 is 0 Å². The van der Waals surface area contributed by atoms with Gasteiger partial charge in [0.15, 0.2) is 0 Å². The van der Waals surface area contributed by atoms with Crippen molar-refractivity contribution >= 4 is 11.6 Å². The number of anilines is 1. The number of nitrogens with one attached hydrogen (secondary N) is 1. The number of fused-ring (bicyclic) bond motifs is 1. The van der Waals surface area contributed by atoms with E-state index >= 15 is 0 Å². The molecule has 0 spiro atoms. The fourth-order valence-corrected chi connectivity index (χ4v) is 1.90. The molecule has 0 saturated heterocycles. The van der Waals surface area contributed by atoms with Crippen molar-refractivity contribution in [3.05, 3.63) is 29.3 Å². The van der Waals surface area contributed by atoms with Gasteiger partial charge in [-0.2, -0.15) is 0 Å². The summed E-state index contributed by atoms with van der Waals surface area (Å²) in [6, 6.07) is 6.05. The van der Waals surface area contributed by atoms with Gasteiger partial charge in [0, 0.05) is 5.69 Å². The van der Waals surface area contributed by atoms with E-state index in [1.165, 1.54) is 0 Å². The summed E-state index contributed by atoms with van der Waals surface area (Å²) in [6.07, 6.45) is 0.724. The minimum absolute atomic E-state index is 0.0457. The summed E-state index contributed by atoms with van der Waals surface area (Å²) in [6.45, 7) is 2.56. The van der Waals surface area contributed by atoms with Crippen molar-refractivity contribution < 1.29 is 4.79 Å². The van der Waals surface area contributed by atoms with Crippen LogP contribution in [-0.4, -0.2) is 12.5 Å². The minimum atomic E-state index is -0.0457. The lowest BCUT2D eigenvalue weighted by atomic mass is 9.96. The zero-order chi connectivity index (χ0) is 10.1. The Labute approximate surface area is 83.3 Å². The van der Waals surface area contributed by atoms with Gasteiger partial charge in [0.1, 0.15) is 0 Å². The summed E-state index contributed by atoms with van der Waals surface area (Å²) < 4.78 is 0. The van der Waals surface area contributed by atoms with Gasteiger partial charge in [-0.25, -0.2) is 0 Å². The van der Waals surface area contributed by atoms with Crippen LogP contribution in [0.4, 0.5) is 5.69 Å². The van der Waals surface area contributed by atoms with Crippen LogP contribution in [0.2, 0.25) is 0 Å². The molecule has 1 heterocycles. The second kappa shape index (κ2) is 3.42. The minimum Gasteiger partial charge on any atom is -0.330 e. The molecule has 14 heavy (non-hydrogen) atoms. The van der Waals surface area contributed by atoms with Gasteiger partial charge < -0.3 is 11.1 Å². The summed E-state index contributed by atoms with van der Waals surface area (Å²) in [5.41, 5.74) is 8.68. The third-order valence-electron chi connectivity index (χ3n) is 2.61. The molecule has 1 amide bonds. The highest BCUT2D eigenvalue weighted by atomic mass is 16.2. The lowest BCUT2D eigenvalue weighted by molar-refractivity contribution is -0.117. The molecule has 3 heteroatoms. The maximum absolute atomic E-state index is 11.6. The van der Waals surface area contributed by atoms with Crippen LogP contribution in [0.3, 0.4) is 0 Å². The first-order chi connectivity index (χ1) is 6.72. The Balaban J connectivity index is 2.37. The molecular formula is C11H14N2O. The average molecular weight is 190 g/mol. The van der Waals surface area contributed by atoms with Crippen molar-refractivity contribution in [3.63, 3.8) is 0 Å². The molecule has 0 saturated carbocycles. The Morgan fingerprint density at radius 2 is 2.29 bits per heavy atom. The van der Waals surface area contributed by atoms with Crippen LogP contribution in [0.25, 0.3) is 0 Å². The average Bonchev–Trinajstić information content (AvgIpc) is 2.43.